The quantitative estimate of drug-likeness (QED) is 0.226. The molecule has 1 amide bonds. The maximum Gasteiger partial charge on any atom is 0.295 e. The van der Waals surface area contributed by atoms with Crippen molar-refractivity contribution >= 4 is 17.4 Å². The van der Waals surface area contributed by atoms with Gasteiger partial charge >= 0.3 is 0 Å². The van der Waals surface area contributed by atoms with Crippen LogP contribution in [0.25, 0.3) is 5.76 Å². The number of carbonyl (C=O) groups excluding carboxylic acids is 2. The van der Waals surface area contributed by atoms with Gasteiger partial charge in [0, 0.05) is 31.7 Å². The van der Waals surface area contributed by atoms with E-state index in [0.717, 1.165) is 13.1 Å². The van der Waals surface area contributed by atoms with Crippen LogP contribution < -0.4 is 9.47 Å². The third-order valence-corrected chi connectivity index (χ3v) is 6.36. The highest BCUT2D eigenvalue weighted by Gasteiger charge is 2.46. The first-order valence-corrected chi connectivity index (χ1v) is 12.3. The predicted octanol–water partition coefficient (Wildman–Crippen LogP) is 3.54. The van der Waals surface area contributed by atoms with E-state index < -0.39 is 23.5 Å². The number of aliphatic hydroxyl groups excluding tert-OH is 1. The smallest absolute Gasteiger partial charge is 0.295 e. The molecule has 9 heteroatoms. The minimum Gasteiger partial charge on any atom is -0.507 e. The number of morpholine rings is 1. The first-order chi connectivity index (χ1) is 17.9. The topological polar surface area (TPSA) is 88.5 Å². The van der Waals surface area contributed by atoms with Crippen LogP contribution in [0.4, 0.5) is 4.39 Å². The number of aliphatic hydroxyl groups is 1. The minimum absolute atomic E-state index is 0.0548. The Morgan fingerprint density at radius 2 is 1.84 bits per heavy atom. The van der Waals surface area contributed by atoms with Crippen LogP contribution in [0, 0.1) is 5.82 Å². The molecule has 0 aromatic heterocycles. The fraction of sp³-hybridized carbons (Fsp3) is 0.357. The minimum atomic E-state index is -0.862. The highest BCUT2D eigenvalue weighted by molar-refractivity contribution is 6.46. The molecule has 2 aromatic rings. The van der Waals surface area contributed by atoms with Crippen LogP contribution in [0.1, 0.15) is 24.1 Å². The fourth-order valence-corrected chi connectivity index (χ4v) is 4.53. The van der Waals surface area contributed by atoms with E-state index in [1.54, 1.807) is 24.3 Å². The molecule has 2 saturated heterocycles. The highest BCUT2D eigenvalue weighted by atomic mass is 19.1. The first-order valence-electron chi connectivity index (χ1n) is 12.3. The van der Waals surface area contributed by atoms with Gasteiger partial charge in [-0.3, -0.25) is 14.5 Å². The summed E-state index contributed by atoms with van der Waals surface area (Å²) in [5.74, 6) is -1.39. The molecular formula is C28H31FN2O6. The van der Waals surface area contributed by atoms with E-state index in [0.29, 0.717) is 43.4 Å². The Morgan fingerprint density at radius 1 is 1.11 bits per heavy atom. The van der Waals surface area contributed by atoms with Gasteiger partial charge in [0.05, 0.1) is 31.4 Å². The standard InChI is InChI=1S/C28H31FN2O6/c1-3-15-37-22-10-7-20(18-23(22)36-4-2)25-24(26(32)19-5-8-21(29)9-6-19)27(33)28(34)31(25)12-11-30-13-16-35-17-14-30/h3,5-10,18,25,32H,1,4,11-17H2,2H3. The van der Waals surface area contributed by atoms with Crippen LogP contribution >= 0.6 is 0 Å². The summed E-state index contributed by atoms with van der Waals surface area (Å²) < 4.78 is 30.4. The van der Waals surface area contributed by atoms with Gasteiger partial charge in [-0.25, -0.2) is 4.39 Å². The lowest BCUT2D eigenvalue weighted by Crippen LogP contribution is -2.42. The van der Waals surface area contributed by atoms with Crippen LogP contribution in [-0.4, -0.2) is 79.2 Å². The van der Waals surface area contributed by atoms with E-state index in [9.17, 15) is 19.1 Å². The highest BCUT2D eigenvalue weighted by Crippen LogP contribution is 2.42. The summed E-state index contributed by atoms with van der Waals surface area (Å²) in [4.78, 5) is 30.1. The van der Waals surface area contributed by atoms with Crippen molar-refractivity contribution in [3.05, 3.63) is 77.6 Å². The molecule has 196 valence electrons. The molecule has 2 aliphatic rings. The monoisotopic (exact) mass is 510 g/mol. The second-order valence-corrected chi connectivity index (χ2v) is 8.69. The normalized spacial score (nSPS) is 19.7. The van der Waals surface area contributed by atoms with Gasteiger partial charge < -0.3 is 24.2 Å². The van der Waals surface area contributed by atoms with E-state index in [1.165, 1.54) is 29.2 Å². The van der Waals surface area contributed by atoms with Crippen molar-refractivity contribution in [1.82, 2.24) is 9.80 Å². The average Bonchev–Trinajstić information content (AvgIpc) is 3.17. The summed E-state index contributed by atoms with van der Waals surface area (Å²) in [5.41, 5.74) is 0.772. The summed E-state index contributed by atoms with van der Waals surface area (Å²) in [6.45, 7) is 9.65. The number of hydrogen-bond donors (Lipinski definition) is 1. The number of benzene rings is 2. The molecule has 0 bridgehead atoms. The number of likely N-dealkylation sites (tertiary alicyclic amines) is 1. The number of hydrogen-bond acceptors (Lipinski definition) is 7. The number of halogens is 1. The largest absolute Gasteiger partial charge is 0.507 e. The Labute approximate surface area is 215 Å². The third kappa shape index (κ3) is 5.84. The molecule has 2 heterocycles. The molecule has 2 aromatic carbocycles. The molecule has 0 aliphatic carbocycles. The van der Waals surface area contributed by atoms with Crippen LogP contribution in [0.3, 0.4) is 0 Å². The second-order valence-electron chi connectivity index (χ2n) is 8.69. The van der Waals surface area contributed by atoms with Crippen LogP contribution in [0.15, 0.2) is 60.7 Å². The zero-order chi connectivity index (χ0) is 26.4. The lowest BCUT2D eigenvalue weighted by Gasteiger charge is -2.31. The van der Waals surface area contributed by atoms with Crippen molar-refractivity contribution in [2.24, 2.45) is 0 Å². The Kier molecular flexibility index (Phi) is 8.58. The summed E-state index contributed by atoms with van der Waals surface area (Å²) in [6.07, 6.45) is 1.62. The van der Waals surface area contributed by atoms with E-state index in [4.69, 9.17) is 14.2 Å². The predicted molar refractivity (Wildman–Crippen MR) is 136 cm³/mol. The lowest BCUT2D eigenvalue weighted by molar-refractivity contribution is -0.140. The van der Waals surface area contributed by atoms with Gasteiger partial charge in [0.15, 0.2) is 11.5 Å². The average molecular weight is 511 g/mol. The van der Waals surface area contributed by atoms with Crippen molar-refractivity contribution in [1.29, 1.82) is 0 Å². The van der Waals surface area contributed by atoms with E-state index in [2.05, 4.69) is 11.5 Å². The van der Waals surface area contributed by atoms with E-state index in [-0.39, 0.29) is 30.0 Å². The van der Waals surface area contributed by atoms with E-state index >= 15 is 0 Å². The molecule has 1 N–H and O–H groups in total. The van der Waals surface area contributed by atoms with Crippen molar-refractivity contribution < 1.29 is 33.3 Å². The number of nitrogens with zero attached hydrogens (tertiary/aromatic N) is 2. The molecule has 0 spiro atoms. The molecule has 0 saturated carbocycles. The fourth-order valence-electron chi connectivity index (χ4n) is 4.53. The van der Waals surface area contributed by atoms with Gasteiger partial charge in [-0.2, -0.15) is 0 Å². The van der Waals surface area contributed by atoms with Gasteiger partial charge in [0.1, 0.15) is 18.2 Å². The second kappa shape index (κ2) is 12.0. The maximum atomic E-state index is 13.5. The molecular weight excluding hydrogens is 479 g/mol. The number of Topliss-reactive ketones (excluding diaryl/α,β-unsaturated/α-hetero) is 1. The summed E-state index contributed by atoms with van der Waals surface area (Å²) in [5, 5.41) is 11.2. The van der Waals surface area contributed by atoms with Crippen molar-refractivity contribution in [3.63, 3.8) is 0 Å². The third-order valence-electron chi connectivity index (χ3n) is 6.36. The summed E-state index contributed by atoms with van der Waals surface area (Å²) >= 11 is 0. The Morgan fingerprint density at radius 3 is 2.51 bits per heavy atom. The van der Waals surface area contributed by atoms with Gasteiger partial charge in [-0.15, -0.1) is 0 Å². The number of rotatable bonds is 10. The van der Waals surface area contributed by atoms with Gasteiger partial charge in [-0.05, 0) is 48.9 Å². The number of ether oxygens (including phenoxy) is 3. The molecule has 1 atom stereocenters. The molecule has 4 rings (SSSR count). The number of carbonyl (C=O) groups is 2. The van der Waals surface area contributed by atoms with Crippen molar-refractivity contribution in [2.45, 2.75) is 13.0 Å². The van der Waals surface area contributed by atoms with Crippen LogP contribution in [-0.2, 0) is 14.3 Å². The molecule has 2 fully saturated rings. The lowest BCUT2D eigenvalue weighted by atomic mass is 9.95. The maximum absolute atomic E-state index is 13.5. The SMILES string of the molecule is C=CCOc1ccc(C2C(=C(O)c3ccc(F)cc3)C(=O)C(=O)N2CCN2CCOCC2)cc1OCC. The molecule has 2 aliphatic heterocycles. The van der Waals surface area contributed by atoms with Gasteiger partial charge in [0.2, 0.25) is 0 Å². The molecule has 8 nitrogen and oxygen atoms in total. The number of amides is 1. The zero-order valence-electron chi connectivity index (χ0n) is 20.8. The van der Waals surface area contributed by atoms with Crippen molar-refractivity contribution in [3.8, 4) is 11.5 Å². The Bertz CT molecular complexity index is 1170. The van der Waals surface area contributed by atoms with Crippen molar-refractivity contribution in [2.75, 3.05) is 52.6 Å². The molecule has 1 unspecified atom stereocenters. The zero-order valence-corrected chi connectivity index (χ0v) is 20.8. The van der Waals surface area contributed by atoms with Crippen LogP contribution in [0.2, 0.25) is 0 Å². The number of ketones is 1. The summed E-state index contributed by atoms with van der Waals surface area (Å²) in [6, 6.07) is 9.45. The van der Waals surface area contributed by atoms with E-state index in [1.807, 2.05) is 6.92 Å². The summed E-state index contributed by atoms with van der Waals surface area (Å²) in [7, 11) is 0. The van der Waals surface area contributed by atoms with Gasteiger partial charge in [-0.1, -0.05) is 18.7 Å². The molecule has 0 radical (unpaired) electrons. The van der Waals surface area contributed by atoms with Gasteiger partial charge in [0.25, 0.3) is 11.7 Å². The molecule has 37 heavy (non-hydrogen) atoms. The van der Waals surface area contributed by atoms with Crippen LogP contribution in [0.5, 0.6) is 11.5 Å². The Balaban J connectivity index is 1.77. The first kappa shape index (κ1) is 26.4. The Hall–Kier alpha value is -3.69.